The van der Waals surface area contributed by atoms with Gasteiger partial charge in [-0.1, -0.05) is 22.4 Å². The summed E-state index contributed by atoms with van der Waals surface area (Å²) in [6.45, 7) is 0. The SMILES string of the molecule is Brc1cc(Br)c(NC2CC3CCC2C3)c(Br)c1. The van der Waals surface area contributed by atoms with E-state index in [1.807, 2.05) is 0 Å². The quantitative estimate of drug-likeness (QED) is 0.655. The van der Waals surface area contributed by atoms with Crippen LogP contribution in [0.2, 0.25) is 0 Å². The second kappa shape index (κ2) is 4.86. The van der Waals surface area contributed by atoms with Gasteiger partial charge in [-0.3, -0.25) is 0 Å². The normalized spacial score (nSPS) is 30.9. The lowest BCUT2D eigenvalue weighted by Crippen LogP contribution is -2.26. The van der Waals surface area contributed by atoms with Gasteiger partial charge in [-0.15, -0.1) is 0 Å². The molecule has 3 unspecified atom stereocenters. The molecule has 3 rings (SSSR count). The first kappa shape index (κ1) is 12.5. The fourth-order valence-electron chi connectivity index (χ4n) is 3.29. The standard InChI is InChI=1S/C13H14Br3N/c14-9-5-10(15)13(11(16)6-9)17-12-4-7-1-2-8(12)3-7/h5-8,12,17H,1-4H2. The molecule has 0 aliphatic heterocycles. The van der Waals surface area contributed by atoms with Gasteiger partial charge in [0.15, 0.2) is 0 Å². The second-order valence-corrected chi connectivity index (χ2v) is 7.79. The van der Waals surface area contributed by atoms with Gasteiger partial charge in [-0.05, 0) is 75.1 Å². The third-order valence-corrected chi connectivity index (χ3v) is 5.78. The van der Waals surface area contributed by atoms with Crippen LogP contribution in [0.4, 0.5) is 5.69 Å². The maximum Gasteiger partial charge on any atom is 0.0632 e. The molecule has 1 nitrogen and oxygen atoms in total. The van der Waals surface area contributed by atoms with Crippen molar-refractivity contribution in [3.05, 3.63) is 25.6 Å². The summed E-state index contributed by atoms with van der Waals surface area (Å²) in [6, 6.07) is 4.86. The number of halogens is 3. The maximum absolute atomic E-state index is 3.72. The molecule has 2 aliphatic carbocycles. The predicted molar refractivity (Wildman–Crippen MR) is 82.4 cm³/mol. The molecular weight excluding hydrogens is 410 g/mol. The van der Waals surface area contributed by atoms with Crippen LogP contribution in [0.1, 0.15) is 25.7 Å². The fourth-order valence-corrected chi connectivity index (χ4v) is 5.77. The predicted octanol–water partition coefficient (Wildman–Crippen LogP) is 5.57. The molecule has 1 N–H and O–H groups in total. The van der Waals surface area contributed by atoms with Gasteiger partial charge in [0.25, 0.3) is 0 Å². The minimum Gasteiger partial charge on any atom is -0.380 e. The zero-order valence-electron chi connectivity index (χ0n) is 9.35. The van der Waals surface area contributed by atoms with E-state index >= 15 is 0 Å². The van der Waals surface area contributed by atoms with Crippen molar-refractivity contribution in [1.82, 2.24) is 0 Å². The average Bonchev–Trinajstić information content (AvgIpc) is 2.84. The number of rotatable bonds is 2. The highest BCUT2D eigenvalue weighted by Crippen LogP contribution is 2.47. The lowest BCUT2D eigenvalue weighted by molar-refractivity contribution is 0.439. The van der Waals surface area contributed by atoms with E-state index in [1.165, 1.54) is 31.4 Å². The molecule has 0 aromatic heterocycles. The summed E-state index contributed by atoms with van der Waals surface area (Å²) in [4.78, 5) is 0. The van der Waals surface area contributed by atoms with Crippen molar-refractivity contribution < 1.29 is 0 Å². The van der Waals surface area contributed by atoms with E-state index in [2.05, 4.69) is 65.2 Å². The van der Waals surface area contributed by atoms with Crippen LogP contribution in [0.5, 0.6) is 0 Å². The van der Waals surface area contributed by atoms with E-state index in [-0.39, 0.29) is 0 Å². The highest BCUT2D eigenvalue weighted by molar-refractivity contribution is 9.11. The Hall–Kier alpha value is 0.460. The molecule has 0 spiro atoms. The minimum absolute atomic E-state index is 0.669. The molecule has 1 aromatic carbocycles. The summed E-state index contributed by atoms with van der Waals surface area (Å²) >= 11 is 10.8. The monoisotopic (exact) mass is 421 g/mol. The molecule has 0 radical (unpaired) electrons. The molecule has 2 fully saturated rings. The van der Waals surface area contributed by atoms with Crippen molar-refractivity contribution in [3.63, 3.8) is 0 Å². The Morgan fingerprint density at radius 3 is 2.24 bits per heavy atom. The van der Waals surface area contributed by atoms with Gasteiger partial charge in [-0.2, -0.15) is 0 Å². The number of hydrogen-bond acceptors (Lipinski definition) is 1. The summed E-state index contributed by atoms with van der Waals surface area (Å²) in [5.41, 5.74) is 1.20. The molecule has 0 saturated heterocycles. The molecule has 0 heterocycles. The summed E-state index contributed by atoms with van der Waals surface area (Å²) in [5.74, 6) is 1.87. The Balaban J connectivity index is 1.81. The van der Waals surface area contributed by atoms with E-state index < -0.39 is 0 Å². The second-order valence-electron chi connectivity index (χ2n) is 5.17. The maximum atomic E-state index is 3.72. The largest absolute Gasteiger partial charge is 0.380 e. The molecule has 3 atom stereocenters. The van der Waals surface area contributed by atoms with Crippen molar-refractivity contribution in [2.75, 3.05) is 5.32 Å². The summed E-state index contributed by atoms with van der Waals surface area (Å²) in [5, 5.41) is 3.72. The zero-order chi connectivity index (χ0) is 12.0. The van der Waals surface area contributed by atoms with Crippen molar-refractivity contribution in [2.45, 2.75) is 31.7 Å². The van der Waals surface area contributed by atoms with Crippen LogP contribution in [0, 0.1) is 11.8 Å². The molecule has 92 valence electrons. The van der Waals surface area contributed by atoms with Gasteiger partial charge in [0.1, 0.15) is 0 Å². The van der Waals surface area contributed by atoms with Crippen LogP contribution < -0.4 is 5.32 Å². The number of benzene rings is 1. The topological polar surface area (TPSA) is 12.0 Å². The highest BCUT2D eigenvalue weighted by atomic mass is 79.9. The van der Waals surface area contributed by atoms with E-state index in [9.17, 15) is 0 Å². The van der Waals surface area contributed by atoms with Crippen LogP contribution in [0.15, 0.2) is 25.6 Å². The molecular formula is C13H14Br3N. The third-order valence-electron chi connectivity index (χ3n) is 4.07. The molecule has 17 heavy (non-hydrogen) atoms. The molecule has 0 amide bonds. The molecule has 2 saturated carbocycles. The third kappa shape index (κ3) is 2.45. The van der Waals surface area contributed by atoms with E-state index in [4.69, 9.17) is 0 Å². The van der Waals surface area contributed by atoms with E-state index in [0.29, 0.717) is 6.04 Å². The number of nitrogens with one attached hydrogen (secondary N) is 1. The van der Waals surface area contributed by atoms with Gasteiger partial charge < -0.3 is 5.32 Å². The van der Waals surface area contributed by atoms with Crippen LogP contribution >= 0.6 is 47.8 Å². The van der Waals surface area contributed by atoms with Crippen molar-refractivity contribution in [2.24, 2.45) is 11.8 Å². The Labute approximate surface area is 127 Å². The lowest BCUT2D eigenvalue weighted by Gasteiger charge is -2.25. The number of anilines is 1. The first-order valence-electron chi connectivity index (χ1n) is 6.04. The van der Waals surface area contributed by atoms with E-state index in [1.54, 1.807) is 0 Å². The smallest absolute Gasteiger partial charge is 0.0632 e. The average molecular weight is 424 g/mol. The lowest BCUT2D eigenvalue weighted by atomic mass is 9.95. The summed E-state index contributed by atoms with van der Waals surface area (Å²) in [6.07, 6.45) is 5.64. The first-order valence-corrected chi connectivity index (χ1v) is 8.42. The first-order chi connectivity index (χ1) is 8.13. The van der Waals surface area contributed by atoms with Gasteiger partial charge >= 0.3 is 0 Å². The zero-order valence-corrected chi connectivity index (χ0v) is 14.1. The molecule has 2 bridgehead atoms. The van der Waals surface area contributed by atoms with Crippen LogP contribution in [0.25, 0.3) is 0 Å². The van der Waals surface area contributed by atoms with Crippen LogP contribution in [-0.4, -0.2) is 6.04 Å². The Bertz CT molecular complexity index is 423. The number of hydrogen-bond donors (Lipinski definition) is 1. The highest BCUT2D eigenvalue weighted by Gasteiger charge is 2.39. The van der Waals surface area contributed by atoms with Gasteiger partial charge in [0.05, 0.1) is 5.69 Å². The van der Waals surface area contributed by atoms with Crippen LogP contribution in [-0.2, 0) is 0 Å². The van der Waals surface area contributed by atoms with Crippen molar-refractivity contribution in [1.29, 1.82) is 0 Å². The Kier molecular flexibility index (Phi) is 3.57. The molecule has 2 aliphatic rings. The minimum atomic E-state index is 0.669. The van der Waals surface area contributed by atoms with Gasteiger partial charge in [0.2, 0.25) is 0 Å². The van der Waals surface area contributed by atoms with Gasteiger partial charge in [0, 0.05) is 19.5 Å². The molecule has 4 heteroatoms. The summed E-state index contributed by atoms with van der Waals surface area (Å²) in [7, 11) is 0. The molecule has 1 aromatic rings. The van der Waals surface area contributed by atoms with E-state index in [0.717, 1.165) is 25.3 Å². The Morgan fingerprint density at radius 2 is 1.71 bits per heavy atom. The van der Waals surface area contributed by atoms with Gasteiger partial charge in [-0.25, -0.2) is 0 Å². The fraction of sp³-hybridized carbons (Fsp3) is 0.538. The summed E-state index contributed by atoms with van der Waals surface area (Å²) < 4.78 is 3.35. The van der Waals surface area contributed by atoms with Crippen LogP contribution in [0.3, 0.4) is 0 Å². The van der Waals surface area contributed by atoms with Crippen molar-refractivity contribution in [3.8, 4) is 0 Å². The van der Waals surface area contributed by atoms with Crippen molar-refractivity contribution >= 4 is 53.5 Å². The number of fused-ring (bicyclic) bond motifs is 2. The Morgan fingerprint density at radius 1 is 1.00 bits per heavy atom.